The van der Waals surface area contributed by atoms with Crippen molar-refractivity contribution in [2.45, 2.75) is 0 Å². The molecule has 0 N–H and O–H groups in total. The van der Waals surface area contributed by atoms with Crippen LogP contribution in [0.1, 0.15) is 11.1 Å². The standard InChI is InChI=1S/C67H34N6S3/c68-35-47-58(37-31-33-70-34-32-37)64(73-51-21-9-3-18-46(51)61-54(73)30-27-43-40-15-6-12-24-57(40)76-67(43)61)63(72-50-20-8-2-17-45(50)60-53(72)29-26-42-39-14-5-11-23-56(39)75-66(42)60)48(36-69)62(47)71-49-19-7-1-16-44(49)59-52(71)28-25-41-38-13-4-10-22-55(38)74-65(41)59/h1-34H. The fraction of sp³-hybridized carbons (Fsp3) is 0. The average molecular weight is 1020 g/mol. The van der Waals surface area contributed by atoms with E-state index >= 15 is 0 Å². The Hall–Kier alpha value is -9.61. The van der Waals surface area contributed by atoms with E-state index < -0.39 is 0 Å². The molecule has 76 heavy (non-hydrogen) atoms. The zero-order valence-electron chi connectivity index (χ0n) is 40.0. The number of aromatic nitrogens is 4. The van der Waals surface area contributed by atoms with Crippen LogP contribution in [0, 0.1) is 22.7 Å². The summed E-state index contributed by atoms with van der Waals surface area (Å²) in [7, 11) is 0. The van der Waals surface area contributed by atoms with Crippen molar-refractivity contribution in [3.8, 4) is 40.3 Å². The summed E-state index contributed by atoms with van der Waals surface area (Å²) in [5, 5.41) is 38.7. The number of fused-ring (bicyclic) bond motifs is 21. The second-order valence-corrected chi connectivity index (χ2v) is 22.6. The highest BCUT2D eigenvalue weighted by Crippen LogP contribution is 2.52. The minimum Gasteiger partial charge on any atom is -0.306 e. The molecule has 0 aliphatic heterocycles. The normalized spacial score (nSPS) is 12.2. The highest BCUT2D eigenvalue weighted by Gasteiger charge is 2.34. The van der Waals surface area contributed by atoms with E-state index in [1.807, 2.05) is 47.2 Å². The first-order chi connectivity index (χ1) is 37.7. The van der Waals surface area contributed by atoms with Crippen molar-refractivity contribution >= 4 is 160 Å². The summed E-state index contributed by atoms with van der Waals surface area (Å²) in [5.74, 6) is 0. The van der Waals surface area contributed by atoms with Gasteiger partial charge < -0.3 is 13.7 Å². The van der Waals surface area contributed by atoms with Crippen LogP contribution in [-0.4, -0.2) is 18.7 Å². The molecule has 7 heterocycles. The Balaban J connectivity index is 1.14. The highest BCUT2D eigenvalue weighted by atomic mass is 32.1. The van der Waals surface area contributed by atoms with E-state index in [-0.39, 0.29) is 0 Å². The van der Waals surface area contributed by atoms with Crippen molar-refractivity contribution < 1.29 is 0 Å². The monoisotopic (exact) mass is 1020 g/mol. The summed E-state index contributed by atoms with van der Waals surface area (Å²) >= 11 is 5.41. The smallest absolute Gasteiger partial charge is 0.104 e. The number of nitriles is 2. The van der Waals surface area contributed by atoms with Crippen LogP contribution >= 0.6 is 34.0 Å². The third kappa shape index (κ3) is 5.38. The molecule has 6 nitrogen and oxygen atoms in total. The molecule has 0 bridgehead atoms. The zero-order valence-corrected chi connectivity index (χ0v) is 42.5. The lowest BCUT2D eigenvalue weighted by Crippen LogP contribution is -2.14. The van der Waals surface area contributed by atoms with Gasteiger partial charge in [0.1, 0.15) is 17.7 Å². The molecule has 0 saturated carbocycles. The van der Waals surface area contributed by atoms with Gasteiger partial charge >= 0.3 is 0 Å². The van der Waals surface area contributed by atoms with Crippen molar-refractivity contribution in [3.63, 3.8) is 0 Å². The number of pyridine rings is 1. The molecule has 17 aromatic rings. The lowest BCUT2D eigenvalue weighted by atomic mass is 9.91. The summed E-state index contributed by atoms with van der Waals surface area (Å²) in [6.07, 6.45) is 3.61. The van der Waals surface area contributed by atoms with E-state index in [4.69, 9.17) is 0 Å². The van der Waals surface area contributed by atoms with Gasteiger partial charge in [-0.1, -0.05) is 127 Å². The molecule has 350 valence electrons. The van der Waals surface area contributed by atoms with Gasteiger partial charge in [-0.15, -0.1) is 34.0 Å². The fourth-order valence-corrected chi connectivity index (χ4v) is 16.6. The van der Waals surface area contributed by atoms with Crippen LogP contribution in [0.3, 0.4) is 0 Å². The Bertz CT molecular complexity index is 5510. The molecule has 17 rings (SSSR count). The van der Waals surface area contributed by atoms with Gasteiger partial charge in [0.15, 0.2) is 0 Å². The van der Waals surface area contributed by atoms with Gasteiger partial charge in [-0.3, -0.25) is 4.98 Å². The van der Waals surface area contributed by atoms with Crippen molar-refractivity contribution in [3.05, 3.63) is 218 Å². The minimum absolute atomic E-state index is 0.386. The minimum atomic E-state index is 0.386. The van der Waals surface area contributed by atoms with Gasteiger partial charge in [-0.2, -0.15) is 10.5 Å². The van der Waals surface area contributed by atoms with Crippen LogP contribution in [0.25, 0.3) is 154 Å². The molecule has 0 amide bonds. The number of thiophene rings is 3. The molecule has 0 radical (unpaired) electrons. The van der Waals surface area contributed by atoms with Gasteiger partial charge in [-0.05, 0) is 72.3 Å². The Morgan fingerprint density at radius 1 is 0.316 bits per heavy atom. The second-order valence-electron chi connectivity index (χ2n) is 19.5. The van der Waals surface area contributed by atoms with Gasteiger partial charge in [0.05, 0.1) is 55.7 Å². The second kappa shape index (κ2) is 15.5. The van der Waals surface area contributed by atoms with E-state index in [2.05, 4.69) is 213 Å². The van der Waals surface area contributed by atoms with Crippen molar-refractivity contribution in [1.29, 1.82) is 10.5 Å². The average Bonchev–Trinajstić information content (AvgIpc) is 4.34. The lowest BCUT2D eigenvalue weighted by Gasteiger charge is -2.26. The summed E-state index contributed by atoms with van der Waals surface area (Å²) in [6.45, 7) is 0. The molecular weight excluding hydrogens is 985 g/mol. The molecule has 0 unspecified atom stereocenters. The molecule has 0 spiro atoms. The number of rotatable bonds is 4. The van der Waals surface area contributed by atoms with Crippen molar-refractivity contribution in [2.24, 2.45) is 0 Å². The van der Waals surface area contributed by atoms with Crippen LogP contribution < -0.4 is 0 Å². The number of benzene rings is 10. The molecule has 0 fully saturated rings. The predicted octanol–water partition coefficient (Wildman–Crippen LogP) is 18.9. The molecule has 9 heteroatoms. The van der Waals surface area contributed by atoms with E-state index in [1.165, 1.54) is 60.5 Å². The maximum absolute atomic E-state index is 12.6. The van der Waals surface area contributed by atoms with Crippen LogP contribution in [0.2, 0.25) is 0 Å². The number of hydrogen-bond acceptors (Lipinski definition) is 6. The topological polar surface area (TPSA) is 75.3 Å². The third-order valence-corrected chi connectivity index (χ3v) is 19.4. The number of para-hydroxylation sites is 3. The first kappa shape index (κ1) is 41.8. The Kier molecular flexibility index (Phi) is 8.51. The first-order valence-corrected chi connectivity index (χ1v) is 27.6. The maximum Gasteiger partial charge on any atom is 0.104 e. The van der Waals surface area contributed by atoms with Gasteiger partial charge in [0.2, 0.25) is 0 Å². The zero-order chi connectivity index (χ0) is 49.9. The quantitative estimate of drug-likeness (QED) is 0.176. The van der Waals surface area contributed by atoms with Crippen LogP contribution in [0.4, 0.5) is 0 Å². The SMILES string of the molecule is N#Cc1c(-c2ccncc2)c(-n2c3ccccc3c3c4sc5ccccc5c4ccc32)c(-n2c3ccccc3c3c4sc5ccccc5c4ccc32)c(C#N)c1-n1c2ccccc2c2c3sc4ccccc4c3ccc21. The third-order valence-electron chi connectivity index (χ3n) is 15.8. The Morgan fingerprint density at radius 3 is 1.08 bits per heavy atom. The van der Waals surface area contributed by atoms with Crippen LogP contribution in [-0.2, 0) is 0 Å². The molecule has 0 aliphatic carbocycles. The number of hydrogen-bond donors (Lipinski definition) is 0. The van der Waals surface area contributed by atoms with Gasteiger partial charge in [0, 0.05) is 111 Å². The van der Waals surface area contributed by atoms with Crippen LogP contribution in [0.15, 0.2) is 207 Å². The Morgan fingerprint density at radius 2 is 0.671 bits per heavy atom. The lowest BCUT2D eigenvalue weighted by molar-refractivity contribution is 1.06. The maximum atomic E-state index is 12.6. The molecular formula is C67H34N6S3. The van der Waals surface area contributed by atoms with E-state index in [1.54, 1.807) is 11.3 Å². The molecule has 10 aromatic carbocycles. The summed E-state index contributed by atoms with van der Waals surface area (Å²) in [6, 6.07) is 74.8. The summed E-state index contributed by atoms with van der Waals surface area (Å²) < 4.78 is 14.1. The number of nitrogens with zero attached hydrogens (tertiary/aromatic N) is 6. The summed E-state index contributed by atoms with van der Waals surface area (Å²) in [5.41, 5.74) is 9.95. The highest BCUT2D eigenvalue weighted by molar-refractivity contribution is 7.27. The molecule has 0 aliphatic rings. The predicted molar refractivity (Wildman–Crippen MR) is 321 cm³/mol. The molecule has 7 aromatic heterocycles. The van der Waals surface area contributed by atoms with Crippen LogP contribution in [0.5, 0.6) is 0 Å². The van der Waals surface area contributed by atoms with E-state index in [0.717, 1.165) is 76.7 Å². The molecule has 0 atom stereocenters. The van der Waals surface area contributed by atoms with Crippen molar-refractivity contribution in [1.82, 2.24) is 18.7 Å². The fourth-order valence-electron chi connectivity index (χ4n) is 12.8. The largest absolute Gasteiger partial charge is 0.306 e. The van der Waals surface area contributed by atoms with E-state index in [0.29, 0.717) is 28.1 Å². The first-order valence-electron chi connectivity index (χ1n) is 25.1. The van der Waals surface area contributed by atoms with Gasteiger partial charge in [-0.25, -0.2) is 0 Å². The van der Waals surface area contributed by atoms with E-state index in [9.17, 15) is 10.5 Å². The van der Waals surface area contributed by atoms with Crippen molar-refractivity contribution in [2.75, 3.05) is 0 Å². The molecule has 0 saturated heterocycles. The summed E-state index contributed by atoms with van der Waals surface area (Å²) in [4.78, 5) is 4.56. The van der Waals surface area contributed by atoms with Gasteiger partial charge in [0.25, 0.3) is 0 Å². The Labute approximate surface area is 444 Å².